The molecule has 106 valence electrons. The largest absolute Gasteiger partial charge is 0.504 e. The average molecular weight is 272 g/mol. The Morgan fingerprint density at radius 3 is 2.10 bits per heavy atom. The van der Waals surface area contributed by atoms with Gasteiger partial charge in [-0.25, -0.2) is 0 Å². The van der Waals surface area contributed by atoms with Crippen LogP contribution in [0.2, 0.25) is 0 Å². The van der Waals surface area contributed by atoms with Crippen molar-refractivity contribution in [1.82, 2.24) is 0 Å². The summed E-state index contributed by atoms with van der Waals surface area (Å²) in [5.74, 6) is -1.03. The third-order valence-electron chi connectivity index (χ3n) is 3.54. The number of hydrogen-bond donors (Lipinski definition) is 1. The summed E-state index contributed by atoms with van der Waals surface area (Å²) in [4.78, 5) is 24.4. The van der Waals surface area contributed by atoms with E-state index in [1.165, 1.54) is 0 Å². The summed E-state index contributed by atoms with van der Waals surface area (Å²) in [5.41, 5.74) is 1.14. The van der Waals surface area contributed by atoms with Crippen molar-refractivity contribution in [3.05, 3.63) is 46.7 Å². The molecule has 2 rings (SSSR count). The third kappa shape index (κ3) is 2.82. The first kappa shape index (κ1) is 14.5. The molecule has 0 aliphatic heterocycles. The van der Waals surface area contributed by atoms with Gasteiger partial charge in [0.2, 0.25) is 5.78 Å². The van der Waals surface area contributed by atoms with E-state index >= 15 is 0 Å². The highest BCUT2D eigenvalue weighted by atomic mass is 16.3. The fourth-order valence-electron chi connectivity index (χ4n) is 2.44. The molecule has 0 aromatic heterocycles. The highest BCUT2D eigenvalue weighted by molar-refractivity contribution is 6.25. The van der Waals surface area contributed by atoms with Crippen LogP contribution >= 0.6 is 0 Å². The van der Waals surface area contributed by atoms with Crippen LogP contribution in [0.3, 0.4) is 0 Å². The van der Waals surface area contributed by atoms with Crippen molar-refractivity contribution in [2.24, 2.45) is 5.41 Å². The second-order valence-electron chi connectivity index (χ2n) is 6.45. The van der Waals surface area contributed by atoms with Crippen LogP contribution in [0.15, 0.2) is 35.6 Å². The Bertz CT molecular complexity index is 588. The summed E-state index contributed by atoms with van der Waals surface area (Å²) in [6, 6.07) is 6.66. The van der Waals surface area contributed by atoms with Crippen LogP contribution in [0.4, 0.5) is 0 Å². The van der Waals surface area contributed by atoms with Gasteiger partial charge in [0.25, 0.3) is 0 Å². The molecule has 0 radical (unpaired) electrons. The number of fused-ring (bicyclic) bond motifs is 1. The van der Waals surface area contributed by atoms with Crippen molar-refractivity contribution >= 4 is 11.6 Å². The van der Waals surface area contributed by atoms with E-state index < -0.39 is 5.78 Å². The van der Waals surface area contributed by atoms with Gasteiger partial charge < -0.3 is 5.11 Å². The summed E-state index contributed by atoms with van der Waals surface area (Å²) >= 11 is 0. The lowest BCUT2D eigenvalue weighted by Crippen LogP contribution is -2.22. The van der Waals surface area contributed by atoms with Gasteiger partial charge in [-0.05, 0) is 24.7 Å². The van der Waals surface area contributed by atoms with E-state index in [9.17, 15) is 14.7 Å². The van der Waals surface area contributed by atoms with E-state index in [4.69, 9.17) is 0 Å². The number of aliphatic hydroxyl groups excluding tert-OH is 1. The lowest BCUT2D eigenvalue weighted by Gasteiger charge is -2.20. The minimum atomic E-state index is -0.439. The summed E-state index contributed by atoms with van der Waals surface area (Å²) in [6.07, 6.45) is 2.17. The van der Waals surface area contributed by atoms with Gasteiger partial charge in [-0.1, -0.05) is 45.0 Å². The number of carbonyl (C=O) groups is 2. The zero-order chi connectivity index (χ0) is 14.9. The average Bonchev–Trinajstić information content (AvgIpc) is 2.39. The first-order chi connectivity index (χ1) is 9.31. The molecule has 1 aliphatic carbocycles. The number of carbonyl (C=O) groups excluding carboxylic acids is 2. The number of ketones is 2. The zero-order valence-corrected chi connectivity index (χ0v) is 12.2. The Labute approximate surface area is 119 Å². The normalized spacial score (nSPS) is 15.6. The van der Waals surface area contributed by atoms with Gasteiger partial charge in [0.1, 0.15) is 0 Å². The Morgan fingerprint density at radius 2 is 1.55 bits per heavy atom. The van der Waals surface area contributed by atoms with Crippen LogP contribution in [-0.2, 0) is 0 Å². The van der Waals surface area contributed by atoms with Crippen LogP contribution in [0.25, 0.3) is 0 Å². The highest BCUT2D eigenvalue weighted by Crippen LogP contribution is 2.30. The molecule has 0 unspecified atom stereocenters. The Morgan fingerprint density at radius 1 is 1.00 bits per heavy atom. The molecule has 0 saturated carbocycles. The number of benzene rings is 1. The summed E-state index contributed by atoms with van der Waals surface area (Å²) in [5, 5.41) is 9.99. The van der Waals surface area contributed by atoms with Crippen LogP contribution in [0, 0.1) is 5.41 Å². The molecule has 0 atom stereocenters. The highest BCUT2D eigenvalue weighted by Gasteiger charge is 2.31. The van der Waals surface area contributed by atoms with Crippen molar-refractivity contribution in [1.29, 1.82) is 0 Å². The molecule has 20 heavy (non-hydrogen) atoms. The molecule has 1 aliphatic rings. The topological polar surface area (TPSA) is 54.4 Å². The van der Waals surface area contributed by atoms with Crippen LogP contribution in [-0.4, -0.2) is 16.7 Å². The summed E-state index contributed by atoms with van der Waals surface area (Å²) in [6.45, 7) is 6.39. The van der Waals surface area contributed by atoms with Gasteiger partial charge in [0.15, 0.2) is 11.5 Å². The minimum Gasteiger partial charge on any atom is -0.504 e. The van der Waals surface area contributed by atoms with E-state index in [-0.39, 0.29) is 22.5 Å². The quantitative estimate of drug-likeness (QED) is 0.901. The fraction of sp³-hybridized carbons (Fsp3) is 0.412. The molecule has 3 heteroatoms. The number of allylic oxidation sites excluding steroid dienone is 2. The molecular formula is C17H20O3. The molecule has 0 amide bonds. The number of rotatable bonds is 3. The SMILES string of the molecule is CC(C)(C)CCCC1=C(O)C(=O)c2ccccc2C1=O. The number of hydrogen-bond acceptors (Lipinski definition) is 3. The van der Waals surface area contributed by atoms with Crippen molar-refractivity contribution in [3.63, 3.8) is 0 Å². The Balaban J connectivity index is 2.24. The van der Waals surface area contributed by atoms with Crippen molar-refractivity contribution in [2.75, 3.05) is 0 Å². The van der Waals surface area contributed by atoms with Gasteiger partial charge in [0, 0.05) is 16.7 Å². The van der Waals surface area contributed by atoms with Crippen molar-refractivity contribution in [3.8, 4) is 0 Å². The van der Waals surface area contributed by atoms with Crippen molar-refractivity contribution in [2.45, 2.75) is 40.0 Å². The molecule has 0 fully saturated rings. The molecule has 1 aromatic carbocycles. The van der Waals surface area contributed by atoms with E-state index in [1.54, 1.807) is 24.3 Å². The van der Waals surface area contributed by atoms with E-state index in [0.717, 1.165) is 12.8 Å². The van der Waals surface area contributed by atoms with Gasteiger partial charge >= 0.3 is 0 Å². The molecule has 0 heterocycles. The first-order valence-electron chi connectivity index (χ1n) is 6.92. The second kappa shape index (κ2) is 5.23. The molecule has 0 spiro atoms. The maximum atomic E-state index is 12.4. The molecule has 1 N–H and O–H groups in total. The first-order valence-corrected chi connectivity index (χ1v) is 6.92. The van der Waals surface area contributed by atoms with Crippen LogP contribution < -0.4 is 0 Å². The number of aliphatic hydroxyl groups is 1. The molecular weight excluding hydrogens is 252 g/mol. The monoisotopic (exact) mass is 272 g/mol. The maximum absolute atomic E-state index is 12.4. The maximum Gasteiger partial charge on any atom is 0.228 e. The fourth-order valence-corrected chi connectivity index (χ4v) is 2.44. The minimum absolute atomic E-state index is 0.176. The zero-order valence-electron chi connectivity index (χ0n) is 12.2. The lowest BCUT2D eigenvalue weighted by atomic mass is 9.83. The van der Waals surface area contributed by atoms with Crippen LogP contribution in [0.5, 0.6) is 0 Å². The molecule has 1 aromatic rings. The predicted octanol–water partition coefficient (Wildman–Crippen LogP) is 4.09. The molecule has 3 nitrogen and oxygen atoms in total. The van der Waals surface area contributed by atoms with Gasteiger partial charge in [0.05, 0.1) is 0 Å². The Kier molecular flexibility index (Phi) is 3.80. The van der Waals surface area contributed by atoms with E-state index in [2.05, 4.69) is 20.8 Å². The lowest BCUT2D eigenvalue weighted by molar-refractivity contribution is 0.0925. The summed E-state index contributed by atoms with van der Waals surface area (Å²) < 4.78 is 0. The van der Waals surface area contributed by atoms with Crippen molar-refractivity contribution < 1.29 is 14.7 Å². The molecule has 0 bridgehead atoms. The molecule has 0 saturated heterocycles. The van der Waals surface area contributed by atoms with Gasteiger partial charge in [-0.15, -0.1) is 0 Å². The van der Waals surface area contributed by atoms with Gasteiger partial charge in [-0.2, -0.15) is 0 Å². The van der Waals surface area contributed by atoms with Crippen LogP contribution in [0.1, 0.15) is 60.7 Å². The number of Topliss-reactive ketones (excluding diaryl/α,β-unsaturated/α-hetero) is 2. The van der Waals surface area contributed by atoms with E-state index in [0.29, 0.717) is 17.5 Å². The second-order valence-corrected chi connectivity index (χ2v) is 6.45. The standard InChI is InChI=1S/C17H20O3/c1-17(2,3)10-6-9-13-14(18)11-7-4-5-8-12(11)15(19)16(13)20/h4-5,7-8,20H,6,9-10H2,1-3H3. The predicted molar refractivity (Wildman–Crippen MR) is 78.1 cm³/mol. The smallest absolute Gasteiger partial charge is 0.228 e. The third-order valence-corrected chi connectivity index (χ3v) is 3.54. The van der Waals surface area contributed by atoms with Gasteiger partial charge in [-0.3, -0.25) is 9.59 Å². The summed E-state index contributed by atoms with van der Waals surface area (Å²) in [7, 11) is 0. The van der Waals surface area contributed by atoms with E-state index in [1.807, 2.05) is 0 Å². The Hall–Kier alpha value is -1.90.